The number of benzene rings is 1. The fourth-order valence-corrected chi connectivity index (χ4v) is 4.73. The molecule has 3 rings (SSSR count). The predicted molar refractivity (Wildman–Crippen MR) is 107 cm³/mol. The van der Waals surface area contributed by atoms with Gasteiger partial charge in [-0.3, -0.25) is 4.90 Å². The zero-order valence-corrected chi connectivity index (χ0v) is 16.1. The van der Waals surface area contributed by atoms with Crippen molar-refractivity contribution >= 4 is 23.0 Å². The quantitative estimate of drug-likeness (QED) is 0.792. The molecule has 2 aliphatic rings. The summed E-state index contributed by atoms with van der Waals surface area (Å²) in [6, 6.07) is 8.34. The van der Waals surface area contributed by atoms with Gasteiger partial charge in [-0.25, -0.2) is 0 Å². The Morgan fingerprint density at radius 1 is 1.21 bits per heavy atom. The van der Waals surface area contributed by atoms with E-state index in [0.717, 1.165) is 22.9 Å². The van der Waals surface area contributed by atoms with Crippen LogP contribution in [0.15, 0.2) is 18.2 Å². The normalized spacial score (nSPS) is 26.9. The van der Waals surface area contributed by atoms with Crippen molar-refractivity contribution in [3.8, 4) is 0 Å². The highest BCUT2D eigenvalue weighted by molar-refractivity contribution is 7.80. The molecule has 0 unspecified atom stereocenters. The van der Waals surface area contributed by atoms with Crippen LogP contribution in [0.2, 0.25) is 0 Å². The number of fused-ring (bicyclic) bond motifs is 2. The standard InChI is InChI=1S/C20H31N3S/c1-4-11-23-17-8-6-9-18(23)13-16(12-17)21-20(24)22-19-10-5-7-14(2)15(19)3/h5,7,10,16-18H,4,6,8-9,11-13H2,1-3H3,(H2,21,22,24)/t17-,18-/m0/s1. The summed E-state index contributed by atoms with van der Waals surface area (Å²) in [5.74, 6) is 0. The van der Waals surface area contributed by atoms with E-state index in [9.17, 15) is 0 Å². The van der Waals surface area contributed by atoms with Gasteiger partial charge in [0.25, 0.3) is 0 Å². The number of nitrogens with one attached hydrogen (secondary N) is 2. The first kappa shape index (κ1) is 17.7. The third kappa shape index (κ3) is 3.92. The Kier molecular flexibility index (Phi) is 5.77. The van der Waals surface area contributed by atoms with Crippen LogP contribution in [0.5, 0.6) is 0 Å². The van der Waals surface area contributed by atoms with E-state index in [1.807, 2.05) is 0 Å². The van der Waals surface area contributed by atoms with Crippen molar-refractivity contribution in [1.82, 2.24) is 10.2 Å². The molecule has 0 amide bonds. The Morgan fingerprint density at radius 2 is 1.92 bits per heavy atom. The minimum atomic E-state index is 0.513. The summed E-state index contributed by atoms with van der Waals surface area (Å²) >= 11 is 5.60. The van der Waals surface area contributed by atoms with Crippen LogP contribution >= 0.6 is 12.2 Å². The van der Waals surface area contributed by atoms with Gasteiger partial charge >= 0.3 is 0 Å². The maximum atomic E-state index is 5.60. The second kappa shape index (κ2) is 7.83. The number of hydrogen-bond acceptors (Lipinski definition) is 2. The Bertz CT molecular complexity index is 572. The zero-order chi connectivity index (χ0) is 17.1. The van der Waals surface area contributed by atoms with Gasteiger partial charge in [-0.2, -0.15) is 0 Å². The van der Waals surface area contributed by atoms with Crippen LogP contribution in [-0.4, -0.2) is 34.7 Å². The fraction of sp³-hybridized carbons (Fsp3) is 0.650. The Hall–Kier alpha value is -1.13. The van der Waals surface area contributed by atoms with Gasteiger partial charge in [-0.05, 0) is 81.9 Å². The van der Waals surface area contributed by atoms with Gasteiger partial charge in [0.1, 0.15) is 0 Å². The predicted octanol–water partition coefficient (Wildman–Crippen LogP) is 4.39. The van der Waals surface area contributed by atoms with E-state index in [2.05, 4.69) is 54.5 Å². The summed E-state index contributed by atoms with van der Waals surface area (Å²) < 4.78 is 0. The molecule has 2 N–H and O–H groups in total. The molecular weight excluding hydrogens is 314 g/mol. The summed E-state index contributed by atoms with van der Waals surface area (Å²) in [6.07, 6.45) is 7.82. The Balaban J connectivity index is 1.58. The minimum Gasteiger partial charge on any atom is -0.360 e. The third-order valence-corrected chi connectivity index (χ3v) is 6.02. The van der Waals surface area contributed by atoms with E-state index in [1.165, 1.54) is 56.2 Å². The Labute approximate surface area is 152 Å². The van der Waals surface area contributed by atoms with Gasteiger partial charge in [0.05, 0.1) is 0 Å². The van der Waals surface area contributed by atoms with E-state index in [0.29, 0.717) is 6.04 Å². The highest BCUT2D eigenvalue weighted by Gasteiger charge is 2.37. The molecule has 0 spiro atoms. The molecule has 2 aliphatic heterocycles. The van der Waals surface area contributed by atoms with E-state index >= 15 is 0 Å². The first-order chi connectivity index (χ1) is 11.6. The van der Waals surface area contributed by atoms with Gasteiger partial charge in [0.15, 0.2) is 5.11 Å². The monoisotopic (exact) mass is 345 g/mol. The molecule has 0 radical (unpaired) electrons. The van der Waals surface area contributed by atoms with Crippen molar-refractivity contribution in [2.45, 2.75) is 77.4 Å². The van der Waals surface area contributed by atoms with Crippen LogP contribution in [-0.2, 0) is 0 Å². The maximum Gasteiger partial charge on any atom is 0.171 e. The van der Waals surface area contributed by atoms with Gasteiger partial charge in [-0.15, -0.1) is 0 Å². The molecule has 3 nitrogen and oxygen atoms in total. The molecular formula is C20H31N3S. The van der Waals surface area contributed by atoms with Crippen molar-refractivity contribution in [3.05, 3.63) is 29.3 Å². The number of thiocarbonyl (C=S) groups is 1. The molecule has 2 heterocycles. The molecule has 1 aromatic rings. The molecule has 2 fully saturated rings. The van der Waals surface area contributed by atoms with E-state index in [1.54, 1.807) is 0 Å². The van der Waals surface area contributed by atoms with Gasteiger partial charge in [0, 0.05) is 23.8 Å². The van der Waals surface area contributed by atoms with E-state index in [4.69, 9.17) is 12.2 Å². The molecule has 2 atom stereocenters. The average molecular weight is 346 g/mol. The lowest BCUT2D eigenvalue weighted by Crippen LogP contribution is -2.57. The molecule has 2 saturated heterocycles. The first-order valence-corrected chi connectivity index (χ1v) is 9.88. The zero-order valence-electron chi connectivity index (χ0n) is 15.3. The van der Waals surface area contributed by atoms with Crippen LogP contribution in [0.4, 0.5) is 5.69 Å². The van der Waals surface area contributed by atoms with Crippen LogP contribution < -0.4 is 10.6 Å². The van der Waals surface area contributed by atoms with Crippen molar-refractivity contribution < 1.29 is 0 Å². The Morgan fingerprint density at radius 3 is 2.58 bits per heavy atom. The number of aryl methyl sites for hydroxylation is 1. The molecule has 0 aliphatic carbocycles. The molecule has 4 heteroatoms. The number of hydrogen-bond donors (Lipinski definition) is 2. The van der Waals surface area contributed by atoms with Crippen molar-refractivity contribution in [2.75, 3.05) is 11.9 Å². The average Bonchev–Trinajstić information content (AvgIpc) is 2.53. The summed E-state index contributed by atoms with van der Waals surface area (Å²) in [5, 5.41) is 7.78. The van der Waals surface area contributed by atoms with Crippen molar-refractivity contribution in [1.29, 1.82) is 0 Å². The SMILES string of the molecule is CCCN1[C@H]2CCC[C@H]1CC(NC(=S)Nc1cccc(C)c1C)C2. The van der Waals surface area contributed by atoms with Gasteiger partial charge in [-0.1, -0.05) is 25.5 Å². The number of nitrogens with zero attached hydrogens (tertiary/aromatic N) is 1. The van der Waals surface area contributed by atoms with Crippen molar-refractivity contribution in [3.63, 3.8) is 0 Å². The molecule has 1 aromatic carbocycles. The van der Waals surface area contributed by atoms with Crippen LogP contribution in [0.1, 0.15) is 56.6 Å². The summed E-state index contributed by atoms with van der Waals surface area (Å²) in [6.45, 7) is 7.84. The summed E-state index contributed by atoms with van der Waals surface area (Å²) in [5.41, 5.74) is 3.69. The van der Waals surface area contributed by atoms with Crippen molar-refractivity contribution in [2.24, 2.45) is 0 Å². The second-order valence-electron chi connectivity index (χ2n) is 7.49. The topological polar surface area (TPSA) is 27.3 Å². The van der Waals surface area contributed by atoms with E-state index in [-0.39, 0.29) is 0 Å². The van der Waals surface area contributed by atoms with Crippen LogP contribution in [0.3, 0.4) is 0 Å². The highest BCUT2D eigenvalue weighted by Crippen LogP contribution is 2.34. The van der Waals surface area contributed by atoms with Gasteiger partial charge in [0.2, 0.25) is 0 Å². The maximum absolute atomic E-state index is 5.60. The number of anilines is 1. The fourth-order valence-electron chi connectivity index (χ4n) is 4.45. The third-order valence-electron chi connectivity index (χ3n) is 5.80. The molecule has 2 bridgehead atoms. The number of rotatable bonds is 4. The lowest BCUT2D eigenvalue weighted by molar-refractivity contribution is 0.0284. The van der Waals surface area contributed by atoms with E-state index < -0.39 is 0 Å². The largest absolute Gasteiger partial charge is 0.360 e. The molecule has 132 valence electrons. The molecule has 0 saturated carbocycles. The summed E-state index contributed by atoms with van der Waals surface area (Å²) in [7, 11) is 0. The smallest absolute Gasteiger partial charge is 0.171 e. The van der Waals surface area contributed by atoms with Crippen LogP contribution in [0.25, 0.3) is 0 Å². The second-order valence-corrected chi connectivity index (χ2v) is 7.90. The van der Waals surface area contributed by atoms with Crippen LogP contribution in [0, 0.1) is 13.8 Å². The number of piperidine rings is 2. The lowest BCUT2D eigenvalue weighted by atomic mass is 9.81. The first-order valence-electron chi connectivity index (χ1n) is 9.48. The lowest BCUT2D eigenvalue weighted by Gasteiger charge is -2.49. The summed E-state index contributed by atoms with van der Waals surface area (Å²) in [4.78, 5) is 2.77. The molecule has 24 heavy (non-hydrogen) atoms. The highest BCUT2D eigenvalue weighted by atomic mass is 32.1. The molecule has 0 aromatic heterocycles. The van der Waals surface area contributed by atoms with Gasteiger partial charge < -0.3 is 10.6 Å². The minimum absolute atomic E-state index is 0.513.